The molecule has 0 spiro atoms. The first kappa shape index (κ1) is 15.1. The molecule has 0 saturated carbocycles. The Hall–Kier alpha value is -2.43. The number of halogens is 1. The lowest BCUT2D eigenvalue weighted by atomic mass is 9.82. The van der Waals surface area contributed by atoms with Gasteiger partial charge in [0, 0.05) is 44.2 Å². The third-order valence-corrected chi connectivity index (χ3v) is 5.18. The van der Waals surface area contributed by atoms with E-state index in [1.807, 2.05) is 15.5 Å². The van der Waals surface area contributed by atoms with Gasteiger partial charge < -0.3 is 9.47 Å². The highest BCUT2D eigenvalue weighted by atomic mass is 19.1. The Kier molecular flexibility index (Phi) is 3.52. The summed E-state index contributed by atoms with van der Waals surface area (Å²) >= 11 is 0. The molecule has 1 saturated heterocycles. The van der Waals surface area contributed by atoms with Gasteiger partial charge in [-0.2, -0.15) is 0 Å². The molecule has 2 atom stereocenters. The van der Waals surface area contributed by atoms with Crippen molar-refractivity contribution in [3.63, 3.8) is 0 Å². The van der Waals surface area contributed by atoms with Crippen LogP contribution in [0.2, 0.25) is 0 Å². The van der Waals surface area contributed by atoms with Crippen LogP contribution < -0.4 is 5.56 Å². The van der Waals surface area contributed by atoms with E-state index in [2.05, 4.69) is 0 Å². The Morgan fingerprint density at radius 2 is 1.83 bits per heavy atom. The molecule has 4 nitrogen and oxygen atoms in total. The Labute approximate surface area is 139 Å². The number of carbonyl (C=O) groups is 1. The number of hydrogen-bond acceptors (Lipinski definition) is 2. The number of amides is 1. The molecule has 24 heavy (non-hydrogen) atoms. The predicted octanol–water partition coefficient (Wildman–Crippen LogP) is 2.62. The van der Waals surface area contributed by atoms with Gasteiger partial charge in [0.25, 0.3) is 5.56 Å². The van der Waals surface area contributed by atoms with Crippen molar-refractivity contribution in [2.24, 2.45) is 5.92 Å². The van der Waals surface area contributed by atoms with E-state index in [9.17, 15) is 14.0 Å². The quantitative estimate of drug-likeness (QED) is 0.808. The van der Waals surface area contributed by atoms with E-state index in [0.29, 0.717) is 19.0 Å². The Morgan fingerprint density at radius 1 is 1.08 bits per heavy atom. The number of likely N-dealkylation sites (tertiary alicyclic amines) is 1. The fourth-order valence-electron chi connectivity index (χ4n) is 4.03. The highest BCUT2D eigenvalue weighted by Crippen LogP contribution is 2.36. The molecule has 5 heteroatoms. The predicted molar refractivity (Wildman–Crippen MR) is 89.2 cm³/mol. The summed E-state index contributed by atoms with van der Waals surface area (Å²) in [6.07, 6.45) is 1.01. The van der Waals surface area contributed by atoms with Crippen molar-refractivity contribution in [2.45, 2.75) is 25.8 Å². The number of piperidine rings is 1. The first-order valence-corrected chi connectivity index (χ1v) is 8.27. The number of aromatic nitrogens is 1. The van der Waals surface area contributed by atoms with Gasteiger partial charge in [0.1, 0.15) is 5.82 Å². The van der Waals surface area contributed by atoms with Crippen molar-refractivity contribution in [1.82, 2.24) is 9.47 Å². The van der Waals surface area contributed by atoms with Crippen molar-refractivity contribution in [3.05, 3.63) is 58.3 Å². The Morgan fingerprint density at radius 3 is 2.54 bits per heavy atom. The van der Waals surface area contributed by atoms with E-state index >= 15 is 0 Å². The number of rotatable bonds is 1. The van der Waals surface area contributed by atoms with E-state index in [-0.39, 0.29) is 23.2 Å². The summed E-state index contributed by atoms with van der Waals surface area (Å²) < 4.78 is 15.0. The monoisotopic (exact) mass is 326 g/mol. The van der Waals surface area contributed by atoms with Crippen molar-refractivity contribution in [2.75, 3.05) is 13.1 Å². The molecule has 2 aliphatic rings. The summed E-state index contributed by atoms with van der Waals surface area (Å²) in [4.78, 5) is 26.2. The maximum Gasteiger partial charge on any atom is 0.251 e. The summed E-state index contributed by atoms with van der Waals surface area (Å²) in [6, 6.07) is 9.84. The fourth-order valence-corrected chi connectivity index (χ4v) is 4.03. The molecule has 0 unspecified atom stereocenters. The van der Waals surface area contributed by atoms with Gasteiger partial charge in [0.15, 0.2) is 0 Å². The molecule has 1 aromatic heterocycles. The lowest BCUT2D eigenvalue weighted by Gasteiger charge is -2.42. The van der Waals surface area contributed by atoms with Crippen LogP contribution in [-0.2, 0) is 11.3 Å². The van der Waals surface area contributed by atoms with Gasteiger partial charge in [0.2, 0.25) is 5.91 Å². The minimum atomic E-state index is -0.291. The average molecular weight is 326 g/mol. The topological polar surface area (TPSA) is 42.3 Å². The molecule has 2 aliphatic heterocycles. The Balaban J connectivity index is 1.77. The summed E-state index contributed by atoms with van der Waals surface area (Å²) in [5.74, 6) is 0.333. The smallest absolute Gasteiger partial charge is 0.251 e. The van der Waals surface area contributed by atoms with Crippen molar-refractivity contribution >= 4 is 5.91 Å². The first-order valence-electron chi connectivity index (χ1n) is 8.27. The van der Waals surface area contributed by atoms with Gasteiger partial charge >= 0.3 is 0 Å². The van der Waals surface area contributed by atoms with E-state index in [4.69, 9.17) is 0 Å². The van der Waals surface area contributed by atoms with E-state index < -0.39 is 0 Å². The normalized spacial score (nSPS) is 22.2. The average Bonchev–Trinajstić information content (AvgIpc) is 2.56. The minimum absolute atomic E-state index is 0.0159. The molecule has 1 aromatic carbocycles. The number of fused-ring (bicyclic) bond motifs is 4. The van der Waals surface area contributed by atoms with Gasteiger partial charge in [-0.1, -0.05) is 12.1 Å². The molecule has 0 aliphatic carbocycles. The van der Waals surface area contributed by atoms with Crippen LogP contribution in [0.25, 0.3) is 11.1 Å². The summed E-state index contributed by atoms with van der Waals surface area (Å²) in [5, 5.41) is 0. The highest BCUT2D eigenvalue weighted by Gasteiger charge is 2.35. The fraction of sp³-hybridized carbons (Fsp3) is 0.368. The molecule has 4 rings (SSSR count). The molecule has 0 radical (unpaired) electrons. The molecule has 3 heterocycles. The number of pyridine rings is 1. The zero-order valence-corrected chi connectivity index (χ0v) is 13.5. The zero-order chi connectivity index (χ0) is 16.8. The van der Waals surface area contributed by atoms with Crippen molar-refractivity contribution < 1.29 is 9.18 Å². The summed E-state index contributed by atoms with van der Waals surface area (Å²) in [5.41, 5.74) is 2.62. The third kappa shape index (κ3) is 2.54. The molecule has 0 N–H and O–H groups in total. The lowest BCUT2D eigenvalue weighted by Crippen LogP contribution is -2.48. The Bertz CT molecular complexity index is 857. The van der Waals surface area contributed by atoms with Crippen LogP contribution >= 0.6 is 0 Å². The SMILES string of the molecule is CC(=O)N1C[C@@H]2C[C@H](C1)c1cc(-c3ccc(F)cc3)cc(=O)n1C2. The van der Waals surface area contributed by atoms with Crippen LogP contribution in [-0.4, -0.2) is 28.5 Å². The maximum absolute atomic E-state index is 13.1. The molecule has 2 aromatic rings. The summed E-state index contributed by atoms with van der Waals surface area (Å²) in [6.45, 7) is 3.66. The molecule has 2 bridgehead atoms. The van der Waals surface area contributed by atoms with Crippen molar-refractivity contribution in [3.8, 4) is 11.1 Å². The molecule has 1 amide bonds. The second-order valence-corrected chi connectivity index (χ2v) is 6.85. The minimum Gasteiger partial charge on any atom is -0.342 e. The lowest BCUT2D eigenvalue weighted by molar-refractivity contribution is -0.131. The van der Waals surface area contributed by atoms with Gasteiger partial charge in [-0.25, -0.2) is 4.39 Å². The van der Waals surface area contributed by atoms with Gasteiger partial charge in [-0.15, -0.1) is 0 Å². The van der Waals surface area contributed by atoms with Crippen molar-refractivity contribution in [1.29, 1.82) is 0 Å². The van der Waals surface area contributed by atoms with Crippen LogP contribution in [0.1, 0.15) is 25.0 Å². The van der Waals surface area contributed by atoms with Gasteiger partial charge in [0.05, 0.1) is 0 Å². The highest BCUT2D eigenvalue weighted by molar-refractivity contribution is 5.73. The third-order valence-electron chi connectivity index (χ3n) is 5.18. The van der Waals surface area contributed by atoms with Crippen LogP contribution in [0.4, 0.5) is 4.39 Å². The van der Waals surface area contributed by atoms with E-state index in [1.54, 1.807) is 25.1 Å². The van der Waals surface area contributed by atoms with E-state index in [0.717, 1.165) is 29.8 Å². The second-order valence-electron chi connectivity index (χ2n) is 6.85. The second kappa shape index (κ2) is 5.58. The van der Waals surface area contributed by atoms with Crippen LogP contribution in [0.5, 0.6) is 0 Å². The number of carbonyl (C=O) groups excluding carboxylic acids is 1. The largest absolute Gasteiger partial charge is 0.342 e. The number of benzene rings is 1. The summed E-state index contributed by atoms with van der Waals surface area (Å²) in [7, 11) is 0. The maximum atomic E-state index is 13.1. The van der Waals surface area contributed by atoms with E-state index in [1.165, 1.54) is 12.1 Å². The van der Waals surface area contributed by atoms with Gasteiger partial charge in [-0.05, 0) is 41.7 Å². The first-order chi connectivity index (χ1) is 11.5. The standard InChI is InChI=1S/C19H19FN2O2/c1-12(23)21-9-13-6-16(11-21)18-7-15(8-19(24)22(18)10-13)14-2-4-17(20)5-3-14/h2-5,7-8,13,16H,6,9-11H2,1H3/t13-,16+/m0/s1. The van der Waals surface area contributed by atoms with Crippen LogP contribution in [0.15, 0.2) is 41.2 Å². The number of nitrogens with zero attached hydrogens (tertiary/aromatic N) is 2. The molecule has 1 fully saturated rings. The zero-order valence-electron chi connectivity index (χ0n) is 13.5. The molecule has 124 valence electrons. The molecular weight excluding hydrogens is 307 g/mol. The van der Waals surface area contributed by atoms with Gasteiger partial charge in [-0.3, -0.25) is 9.59 Å². The van der Waals surface area contributed by atoms with Crippen LogP contribution in [0, 0.1) is 11.7 Å². The molecular formula is C19H19FN2O2. The number of hydrogen-bond donors (Lipinski definition) is 0. The van der Waals surface area contributed by atoms with Crippen LogP contribution in [0.3, 0.4) is 0 Å².